The number of carbonyl (C=O) groups is 1. The molecule has 7 heteroatoms. The highest BCUT2D eigenvalue weighted by Crippen LogP contribution is 2.60. The second-order valence-corrected chi connectivity index (χ2v) is 8.98. The van der Waals surface area contributed by atoms with Crippen molar-refractivity contribution in [1.29, 1.82) is 0 Å². The minimum Gasteiger partial charge on any atom is -0.292 e. The molecule has 0 radical (unpaired) electrons. The summed E-state index contributed by atoms with van der Waals surface area (Å²) >= 11 is 12.4. The maximum Gasteiger partial charge on any atom is 0.187 e. The average molecular weight is 368 g/mol. The van der Waals surface area contributed by atoms with Crippen LogP contribution in [-0.4, -0.2) is 19.2 Å². The topological polar surface area (TPSA) is 64.1 Å². The smallest absolute Gasteiger partial charge is 0.187 e. The molecule has 2 aromatic rings. The Morgan fingerprint density at radius 1 is 1.09 bits per heavy atom. The third-order valence-electron chi connectivity index (χ3n) is 4.56. The van der Waals surface area contributed by atoms with Crippen LogP contribution in [0.5, 0.6) is 0 Å². The maximum atomic E-state index is 13.2. The molecular weight excluding hydrogens is 357 g/mol. The van der Waals surface area contributed by atoms with Gasteiger partial charge in [0.1, 0.15) is 4.75 Å². The Hall–Kier alpha value is -1.43. The molecule has 23 heavy (non-hydrogen) atoms. The molecule has 4 nitrogen and oxygen atoms in total. The SMILES string of the molecule is O=C1c2cccnc2C2(CC2)S(=O)(=O)C1c1c(Cl)cccc1Cl. The summed E-state index contributed by atoms with van der Waals surface area (Å²) in [5.74, 6) is -0.513. The second-order valence-electron chi connectivity index (χ2n) is 5.82. The van der Waals surface area contributed by atoms with Crippen molar-refractivity contribution < 1.29 is 13.2 Å². The molecule has 4 rings (SSSR count). The fourth-order valence-electron chi connectivity index (χ4n) is 3.29. The van der Waals surface area contributed by atoms with Crippen molar-refractivity contribution in [2.45, 2.75) is 22.8 Å². The van der Waals surface area contributed by atoms with Crippen LogP contribution in [0.1, 0.15) is 39.7 Å². The number of aromatic nitrogens is 1. The van der Waals surface area contributed by atoms with E-state index in [-0.39, 0.29) is 15.6 Å². The number of rotatable bonds is 1. The minimum atomic E-state index is -3.83. The third kappa shape index (κ3) is 1.87. The number of ketones is 1. The van der Waals surface area contributed by atoms with Gasteiger partial charge in [0, 0.05) is 27.4 Å². The van der Waals surface area contributed by atoms with Crippen molar-refractivity contribution in [3.63, 3.8) is 0 Å². The van der Waals surface area contributed by atoms with Crippen LogP contribution in [0, 0.1) is 0 Å². The Balaban J connectivity index is 2.05. The lowest BCUT2D eigenvalue weighted by molar-refractivity contribution is 0.0981. The standard InChI is InChI=1S/C16H11Cl2NO3S/c17-10-4-1-5-11(18)12(10)14-13(20)9-3-2-8-19-15(9)16(6-7-16)23(14,21)22/h1-5,8,14H,6-7H2. The Labute approximate surface area is 143 Å². The van der Waals surface area contributed by atoms with Crippen LogP contribution in [-0.2, 0) is 14.6 Å². The number of Topliss-reactive ketones (excluding diaryl/α,β-unsaturated/α-hetero) is 1. The van der Waals surface area contributed by atoms with Crippen molar-refractivity contribution in [2.24, 2.45) is 0 Å². The minimum absolute atomic E-state index is 0.168. The van der Waals surface area contributed by atoms with Crippen LogP contribution in [0.25, 0.3) is 0 Å². The van der Waals surface area contributed by atoms with Crippen LogP contribution < -0.4 is 0 Å². The first-order chi connectivity index (χ1) is 10.9. The summed E-state index contributed by atoms with van der Waals surface area (Å²) in [5, 5.41) is -1.01. The highest BCUT2D eigenvalue weighted by Gasteiger charge is 2.65. The van der Waals surface area contributed by atoms with Crippen molar-refractivity contribution in [3.05, 3.63) is 63.4 Å². The van der Waals surface area contributed by atoms with Crippen molar-refractivity contribution >= 4 is 38.8 Å². The Morgan fingerprint density at radius 3 is 2.35 bits per heavy atom. The van der Waals surface area contributed by atoms with Crippen LogP contribution in [0.15, 0.2) is 36.5 Å². The van der Waals surface area contributed by atoms with Crippen LogP contribution in [0.2, 0.25) is 10.0 Å². The predicted octanol–water partition coefficient (Wildman–Crippen LogP) is 3.73. The monoisotopic (exact) mass is 367 g/mol. The fraction of sp³-hybridized carbons (Fsp3) is 0.250. The lowest BCUT2D eigenvalue weighted by Crippen LogP contribution is -2.39. The molecule has 1 aromatic heterocycles. The van der Waals surface area contributed by atoms with Gasteiger partial charge in [0.05, 0.1) is 5.69 Å². The summed E-state index contributed by atoms with van der Waals surface area (Å²) in [6.45, 7) is 0. The zero-order valence-electron chi connectivity index (χ0n) is 11.8. The Kier molecular flexibility index (Phi) is 3.15. The van der Waals surface area contributed by atoms with Gasteiger partial charge in [-0.2, -0.15) is 0 Å². The number of sulfone groups is 1. The second kappa shape index (κ2) is 4.79. The summed E-state index contributed by atoms with van der Waals surface area (Å²) in [6.07, 6.45) is 2.45. The first kappa shape index (κ1) is 15.1. The van der Waals surface area contributed by atoms with Gasteiger partial charge in [0.2, 0.25) is 0 Å². The lowest BCUT2D eigenvalue weighted by Gasteiger charge is -2.30. The van der Waals surface area contributed by atoms with Gasteiger partial charge < -0.3 is 0 Å². The van der Waals surface area contributed by atoms with E-state index < -0.39 is 25.6 Å². The number of carbonyl (C=O) groups excluding carboxylic acids is 1. The molecular formula is C16H11Cl2NO3S. The van der Waals surface area contributed by atoms with E-state index in [1.54, 1.807) is 30.3 Å². The highest BCUT2D eigenvalue weighted by atomic mass is 35.5. The van der Waals surface area contributed by atoms with Crippen LogP contribution >= 0.6 is 23.2 Å². The van der Waals surface area contributed by atoms with Gasteiger partial charge in [-0.3, -0.25) is 9.78 Å². The first-order valence-electron chi connectivity index (χ1n) is 7.07. The molecule has 1 spiro atoms. The van der Waals surface area contributed by atoms with Crippen molar-refractivity contribution in [1.82, 2.24) is 4.98 Å². The number of fused-ring (bicyclic) bond motifs is 2. The Bertz CT molecular complexity index is 931. The van der Waals surface area contributed by atoms with Gasteiger partial charge in [0.15, 0.2) is 20.9 Å². The summed E-state index contributed by atoms with van der Waals surface area (Å²) in [5.41, 5.74) is 0.881. The molecule has 2 heterocycles. The van der Waals surface area contributed by atoms with Gasteiger partial charge in [-0.25, -0.2) is 8.42 Å². The van der Waals surface area contributed by atoms with Gasteiger partial charge in [-0.15, -0.1) is 0 Å². The zero-order chi connectivity index (χ0) is 16.4. The van der Waals surface area contributed by atoms with Crippen LogP contribution in [0.4, 0.5) is 0 Å². The molecule has 2 aliphatic rings. The van der Waals surface area contributed by atoms with Gasteiger partial charge in [-0.1, -0.05) is 29.3 Å². The summed E-state index contributed by atoms with van der Waals surface area (Å²) in [6, 6.07) is 7.97. The average Bonchev–Trinajstić information content (AvgIpc) is 3.31. The molecule has 1 aliphatic heterocycles. The Morgan fingerprint density at radius 2 is 1.74 bits per heavy atom. The van der Waals surface area contributed by atoms with E-state index in [2.05, 4.69) is 4.98 Å². The molecule has 1 fully saturated rings. The van der Waals surface area contributed by atoms with E-state index in [0.717, 1.165) is 0 Å². The number of pyridine rings is 1. The molecule has 118 valence electrons. The maximum absolute atomic E-state index is 13.2. The number of nitrogens with zero attached hydrogens (tertiary/aromatic N) is 1. The van der Waals surface area contributed by atoms with Crippen molar-refractivity contribution in [3.8, 4) is 0 Å². The molecule has 1 unspecified atom stereocenters. The van der Waals surface area contributed by atoms with E-state index in [0.29, 0.717) is 24.1 Å². The molecule has 1 aromatic carbocycles. The highest BCUT2D eigenvalue weighted by molar-refractivity contribution is 7.93. The van der Waals surface area contributed by atoms with E-state index in [1.807, 2.05) is 0 Å². The molecule has 0 N–H and O–H groups in total. The number of hydrogen-bond acceptors (Lipinski definition) is 4. The molecule has 1 aliphatic carbocycles. The third-order valence-corrected chi connectivity index (χ3v) is 7.98. The molecule has 1 saturated carbocycles. The number of hydrogen-bond donors (Lipinski definition) is 0. The molecule has 0 saturated heterocycles. The normalized spacial score (nSPS) is 23.6. The van der Waals surface area contributed by atoms with Gasteiger partial charge >= 0.3 is 0 Å². The molecule has 0 amide bonds. The van der Waals surface area contributed by atoms with Crippen LogP contribution in [0.3, 0.4) is 0 Å². The van der Waals surface area contributed by atoms with Gasteiger partial charge in [0.25, 0.3) is 0 Å². The van der Waals surface area contributed by atoms with Gasteiger partial charge in [-0.05, 0) is 37.1 Å². The van der Waals surface area contributed by atoms with E-state index in [4.69, 9.17) is 23.2 Å². The summed E-state index contributed by atoms with van der Waals surface area (Å²) < 4.78 is 25.3. The zero-order valence-corrected chi connectivity index (χ0v) is 14.1. The largest absolute Gasteiger partial charge is 0.292 e. The lowest BCUT2D eigenvalue weighted by atomic mass is 9.98. The van der Waals surface area contributed by atoms with E-state index >= 15 is 0 Å². The number of halogens is 2. The van der Waals surface area contributed by atoms with E-state index in [1.165, 1.54) is 6.20 Å². The number of benzene rings is 1. The molecule has 0 bridgehead atoms. The molecule has 1 atom stereocenters. The quantitative estimate of drug-likeness (QED) is 0.770. The predicted molar refractivity (Wildman–Crippen MR) is 87.6 cm³/mol. The first-order valence-corrected chi connectivity index (χ1v) is 9.37. The summed E-state index contributed by atoms with van der Waals surface area (Å²) in [4.78, 5) is 17.1. The van der Waals surface area contributed by atoms with Crippen molar-refractivity contribution in [2.75, 3.05) is 0 Å². The van der Waals surface area contributed by atoms with E-state index in [9.17, 15) is 13.2 Å². The fourth-order valence-corrected chi connectivity index (χ4v) is 6.56. The summed E-state index contributed by atoms with van der Waals surface area (Å²) in [7, 11) is -3.83.